The van der Waals surface area contributed by atoms with Gasteiger partial charge in [0.25, 0.3) is 0 Å². The molecule has 1 saturated carbocycles. The van der Waals surface area contributed by atoms with Crippen molar-refractivity contribution in [1.82, 2.24) is 0 Å². The van der Waals surface area contributed by atoms with E-state index in [-0.39, 0.29) is 0 Å². The van der Waals surface area contributed by atoms with Crippen LogP contribution in [0.5, 0.6) is 0 Å². The Morgan fingerprint density at radius 2 is 1.55 bits per heavy atom. The minimum Gasteiger partial charge on any atom is -0.299 e. The van der Waals surface area contributed by atoms with E-state index in [0.29, 0.717) is 24.0 Å². The lowest BCUT2D eigenvalue weighted by atomic mass is 9.87. The zero-order valence-electron chi connectivity index (χ0n) is 11.7. The summed E-state index contributed by atoms with van der Waals surface area (Å²) in [6, 6.07) is 20.9. The van der Waals surface area contributed by atoms with Crippen LogP contribution in [-0.4, -0.2) is 5.78 Å². The molecule has 0 N–H and O–H groups in total. The molecule has 0 bridgehead atoms. The molecule has 0 aliphatic heterocycles. The first-order valence-electron chi connectivity index (χ1n) is 7.44. The van der Waals surface area contributed by atoms with E-state index in [2.05, 4.69) is 48.5 Å². The van der Waals surface area contributed by atoms with Gasteiger partial charge in [-0.15, -0.1) is 0 Å². The first-order valence-corrected chi connectivity index (χ1v) is 7.44. The Kier molecular flexibility index (Phi) is 3.96. The van der Waals surface area contributed by atoms with Crippen LogP contribution >= 0.6 is 0 Å². The summed E-state index contributed by atoms with van der Waals surface area (Å²) in [6.45, 7) is 0. The van der Waals surface area contributed by atoms with Gasteiger partial charge in [-0.3, -0.25) is 4.79 Å². The van der Waals surface area contributed by atoms with E-state index in [4.69, 9.17) is 0 Å². The zero-order chi connectivity index (χ0) is 13.8. The standard InChI is InChI=1S/C19H20O/c20-19(17-11-12-17)14-18(16-9-5-2-6-10-16)13-15-7-3-1-4-8-15/h1-10,17-18H,11-14H2. The van der Waals surface area contributed by atoms with Gasteiger partial charge >= 0.3 is 0 Å². The smallest absolute Gasteiger partial charge is 0.136 e. The average molecular weight is 264 g/mol. The van der Waals surface area contributed by atoms with Crippen LogP contribution in [0.15, 0.2) is 60.7 Å². The molecule has 1 unspecified atom stereocenters. The molecule has 1 fully saturated rings. The molecular formula is C19H20O. The molecule has 20 heavy (non-hydrogen) atoms. The van der Waals surface area contributed by atoms with Gasteiger partial charge in [-0.1, -0.05) is 60.7 Å². The van der Waals surface area contributed by atoms with Crippen molar-refractivity contribution in [3.8, 4) is 0 Å². The molecule has 3 rings (SSSR count). The van der Waals surface area contributed by atoms with Crippen molar-refractivity contribution < 1.29 is 4.79 Å². The lowest BCUT2D eigenvalue weighted by molar-refractivity contribution is -0.120. The molecule has 0 radical (unpaired) electrons. The molecule has 0 heterocycles. The van der Waals surface area contributed by atoms with Crippen molar-refractivity contribution in [2.45, 2.75) is 31.6 Å². The molecule has 0 aromatic heterocycles. The van der Waals surface area contributed by atoms with E-state index in [9.17, 15) is 4.79 Å². The van der Waals surface area contributed by atoms with Gasteiger partial charge in [0.1, 0.15) is 5.78 Å². The fourth-order valence-corrected chi connectivity index (χ4v) is 2.75. The SMILES string of the molecule is O=C(CC(Cc1ccccc1)c1ccccc1)C1CC1. The van der Waals surface area contributed by atoms with Gasteiger partial charge in [0.15, 0.2) is 0 Å². The number of Topliss-reactive ketones (excluding diaryl/α,β-unsaturated/α-hetero) is 1. The van der Waals surface area contributed by atoms with Crippen molar-refractivity contribution in [2.75, 3.05) is 0 Å². The summed E-state index contributed by atoms with van der Waals surface area (Å²) >= 11 is 0. The summed E-state index contributed by atoms with van der Waals surface area (Å²) in [5.41, 5.74) is 2.59. The Morgan fingerprint density at radius 1 is 0.950 bits per heavy atom. The fourth-order valence-electron chi connectivity index (χ4n) is 2.75. The lowest BCUT2D eigenvalue weighted by Gasteiger charge is -2.17. The molecule has 0 saturated heterocycles. The number of hydrogen-bond donors (Lipinski definition) is 0. The summed E-state index contributed by atoms with van der Waals surface area (Å²) in [5, 5.41) is 0. The van der Waals surface area contributed by atoms with Gasteiger partial charge in [-0.05, 0) is 36.3 Å². The van der Waals surface area contributed by atoms with Crippen molar-refractivity contribution in [1.29, 1.82) is 0 Å². The highest BCUT2D eigenvalue weighted by atomic mass is 16.1. The number of carbonyl (C=O) groups is 1. The van der Waals surface area contributed by atoms with Crippen LogP contribution in [-0.2, 0) is 11.2 Å². The minimum atomic E-state index is 0.312. The molecule has 102 valence electrons. The van der Waals surface area contributed by atoms with Gasteiger partial charge in [0.2, 0.25) is 0 Å². The Hall–Kier alpha value is -1.89. The Bertz CT molecular complexity index is 555. The summed E-state index contributed by atoms with van der Waals surface area (Å²) in [6.07, 6.45) is 3.84. The highest BCUT2D eigenvalue weighted by Crippen LogP contribution is 2.34. The predicted molar refractivity (Wildman–Crippen MR) is 81.7 cm³/mol. The van der Waals surface area contributed by atoms with Crippen LogP contribution in [0.2, 0.25) is 0 Å². The average Bonchev–Trinajstić information content (AvgIpc) is 3.33. The van der Waals surface area contributed by atoms with Gasteiger partial charge in [0, 0.05) is 12.3 Å². The summed E-state index contributed by atoms with van der Waals surface area (Å²) in [7, 11) is 0. The van der Waals surface area contributed by atoms with Crippen LogP contribution in [0.3, 0.4) is 0 Å². The molecular weight excluding hydrogens is 244 g/mol. The monoisotopic (exact) mass is 264 g/mol. The second-order valence-electron chi connectivity index (χ2n) is 5.74. The van der Waals surface area contributed by atoms with Crippen LogP contribution < -0.4 is 0 Å². The predicted octanol–water partition coefficient (Wildman–Crippen LogP) is 4.38. The summed E-state index contributed by atoms with van der Waals surface area (Å²) < 4.78 is 0. The summed E-state index contributed by atoms with van der Waals surface area (Å²) in [4.78, 5) is 12.2. The van der Waals surface area contributed by atoms with E-state index in [1.807, 2.05) is 12.1 Å². The van der Waals surface area contributed by atoms with Crippen LogP contribution in [0.25, 0.3) is 0 Å². The lowest BCUT2D eigenvalue weighted by Crippen LogP contribution is -2.11. The van der Waals surface area contributed by atoms with E-state index >= 15 is 0 Å². The molecule has 1 aliphatic carbocycles. The van der Waals surface area contributed by atoms with E-state index < -0.39 is 0 Å². The van der Waals surface area contributed by atoms with Gasteiger partial charge < -0.3 is 0 Å². The molecule has 1 heteroatoms. The Morgan fingerprint density at radius 3 is 2.15 bits per heavy atom. The minimum absolute atomic E-state index is 0.312. The molecule has 2 aromatic carbocycles. The zero-order valence-corrected chi connectivity index (χ0v) is 11.7. The number of carbonyl (C=O) groups excluding carboxylic acids is 1. The number of hydrogen-bond acceptors (Lipinski definition) is 1. The van der Waals surface area contributed by atoms with Crippen molar-refractivity contribution in [2.24, 2.45) is 5.92 Å². The molecule has 2 aromatic rings. The van der Waals surface area contributed by atoms with Crippen LogP contribution in [0, 0.1) is 5.92 Å². The van der Waals surface area contributed by atoms with Crippen molar-refractivity contribution in [3.05, 3.63) is 71.8 Å². The van der Waals surface area contributed by atoms with Crippen LogP contribution in [0.4, 0.5) is 0 Å². The number of rotatable bonds is 6. The fraction of sp³-hybridized carbons (Fsp3) is 0.316. The summed E-state index contributed by atoms with van der Waals surface area (Å²) in [5.74, 6) is 1.12. The van der Waals surface area contributed by atoms with Crippen LogP contribution in [0.1, 0.15) is 36.3 Å². The molecule has 1 aliphatic rings. The first-order chi connectivity index (χ1) is 9.83. The molecule has 0 spiro atoms. The number of ketones is 1. The van der Waals surface area contributed by atoms with Gasteiger partial charge in [-0.2, -0.15) is 0 Å². The maximum Gasteiger partial charge on any atom is 0.136 e. The molecule has 1 nitrogen and oxygen atoms in total. The quantitative estimate of drug-likeness (QED) is 0.756. The normalized spacial score (nSPS) is 15.8. The maximum absolute atomic E-state index is 12.2. The molecule has 0 amide bonds. The van der Waals surface area contributed by atoms with Gasteiger partial charge in [0.05, 0.1) is 0 Å². The van der Waals surface area contributed by atoms with Gasteiger partial charge in [-0.25, -0.2) is 0 Å². The number of benzene rings is 2. The first kappa shape index (κ1) is 13.1. The third kappa shape index (κ3) is 3.36. The Balaban J connectivity index is 1.77. The highest BCUT2D eigenvalue weighted by Gasteiger charge is 2.31. The maximum atomic E-state index is 12.2. The van der Waals surface area contributed by atoms with E-state index in [1.54, 1.807) is 0 Å². The van der Waals surface area contributed by atoms with E-state index in [1.165, 1.54) is 11.1 Å². The van der Waals surface area contributed by atoms with Crippen molar-refractivity contribution in [3.63, 3.8) is 0 Å². The topological polar surface area (TPSA) is 17.1 Å². The molecule has 1 atom stereocenters. The third-order valence-electron chi connectivity index (χ3n) is 4.08. The third-order valence-corrected chi connectivity index (χ3v) is 4.08. The second kappa shape index (κ2) is 6.04. The second-order valence-corrected chi connectivity index (χ2v) is 5.74. The van der Waals surface area contributed by atoms with E-state index in [0.717, 1.165) is 19.3 Å². The van der Waals surface area contributed by atoms with Crippen molar-refractivity contribution >= 4 is 5.78 Å². The largest absolute Gasteiger partial charge is 0.299 e. The highest BCUT2D eigenvalue weighted by molar-refractivity contribution is 5.83. The Labute approximate surface area is 120 Å².